The van der Waals surface area contributed by atoms with Crippen LogP contribution in [0.2, 0.25) is 0 Å². The monoisotopic (exact) mass is 272 g/mol. The number of nitrogens with zero attached hydrogens (tertiary/aromatic N) is 2. The van der Waals surface area contributed by atoms with Gasteiger partial charge >= 0.3 is 5.97 Å². The summed E-state index contributed by atoms with van der Waals surface area (Å²) in [6.07, 6.45) is 0.209. The molecule has 0 aromatic rings. The Labute approximate surface area is 109 Å². The number of likely N-dealkylation sites (tertiary alicyclic amines) is 1. The first-order valence-corrected chi connectivity index (χ1v) is 7.08. The summed E-state index contributed by atoms with van der Waals surface area (Å²) < 4.78 is 0. The van der Waals surface area contributed by atoms with Gasteiger partial charge in [-0.1, -0.05) is 0 Å². The molecule has 18 heavy (non-hydrogen) atoms. The van der Waals surface area contributed by atoms with Crippen LogP contribution in [0.1, 0.15) is 13.3 Å². The number of carboxylic acids is 1. The smallest absolute Gasteiger partial charge is 0.327 e. The average Bonchev–Trinajstić information content (AvgIpc) is 2.93. The molecule has 7 heteroatoms. The minimum atomic E-state index is -0.968. The zero-order valence-electron chi connectivity index (χ0n) is 10.2. The second kappa shape index (κ2) is 5.17. The van der Waals surface area contributed by atoms with E-state index < -0.39 is 12.0 Å². The van der Waals surface area contributed by atoms with Crippen molar-refractivity contribution in [1.82, 2.24) is 9.80 Å². The van der Waals surface area contributed by atoms with Gasteiger partial charge in [-0.05, 0) is 6.92 Å². The summed E-state index contributed by atoms with van der Waals surface area (Å²) in [7, 11) is 0. The van der Waals surface area contributed by atoms with E-state index in [-0.39, 0.29) is 24.2 Å². The van der Waals surface area contributed by atoms with E-state index in [4.69, 9.17) is 5.11 Å². The van der Waals surface area contributed by atoms with Crippen LogP contribution >= 0.6 is 11.8 Å². The van der Waals surface area contributed by atoms with Crippen LogP contribution in [0.25, 0.3) is 0 Å². The Morgan fingerprint density at radius 3 is 2.78 bits per heavy atom. The fraction of sp³-hybridized carbons (Fsp3) is 0.727. The molecule has 1 unspecified atom stereocenters. The molecule has 0 radical (unpaired) electrons. The Hall–Kier alpha value is -1.24. The van der Waals surface area contributed by atoms with Crippen LogP contribution in [0.15, 0.2) is 0 Å². The number of amides is 2. The van der Waals surface area contributed by atoms with Gasteiger partial charge in [0.2, 0.25) is 11.8 Å². The van der Waals surface area contributed by atoms with Gasteiger partial charge in [-0.3, -0.25) is 9.59 Å². The highest BCUT2D eigenvalue weighted by Crippen LogP contribution is 2.27. The second-order valence-corrected chi connectivity index (χ2v) is 5.50. The molecule has 0 aromatic heterocycles. The maximum atomic E-state index is 12.2. The van der Waals surface area contributed by atoms with Crippen molar-refractivity contribution in [2.24, 2.45) is 5.92 Å². The maximum Gasteiger partial charge on any atom is 0.327 e. The molecule has 2 rings (SSSR count). The zero-order valence-corrected chi connectivity index (χ0v) is 11.0. The topological polar surface area (TPSA) is 77.9 Å². The van der Waals surface area contributed by atoms with Gasteiger partial charge in [0, 0.05) is 25.3 Å². The van der Waals surface area contributed by atoms with Crippen LogP contribution in [-0.4, -0.2) is 63.5 Å². The fourth-order valence-corrected chi connectivity index (χ4v) is 3.50. The van der Waals surface area contributed by atoms with Crippen molar-refractivity contribution in [2.75, 3.05) is 24.7 Å². The predicted octanol–water partition coefficient (Wildman–Crippen LogP) is -0.159. The molecule has 2 amide bonds. The number of carboxylic acid groups (broad SMARTS) is 1. The molecular weight excluding hydrogens is 256 g/mol. The number of rotatable bonds is 3. The van der Waals surface area contributed by atoms with E-state index in [0.29, 0.717) is 24.7 Å². The summed E-state index contributed by atoms with van der Waals surface area (Å²) in [5, 5.41) is 9.04. The lowest BCUT2D eigenvalue weighted by Crippen LogP contribution is -2.45. The molecule has 2 aliphatic heterocycles. The van der Waals surface area contributed by atoms with Gasteiger partial charge in [0.15, 0.2) is 0 Å². The Kier molecular flexibility index (Phi) is 3.79. The van der Waals surface area contributed by atoms with Crippen molar-refractivity contribution in [3.05, 3.63) is 0 Å². The van der Waals surface area contributed by atoms with E-state index in [1.54, 1.807) is 4.90 Å². The Morgan fingerprint density at radius 1 is 1.50 bits per heavy atom. The third-order valence-corrected chi connectivity index (χ3v) is 4.41. The van der Waals surface area contributed by atoms with Gasteiger partial charge in [0.1, 0.15) is 6.04 Å². The van der Waals surface area contributed by atoms with Crippen molar-refractivity contribution < 1.29 is 19.5 Å². The molecule has 0 bridgehead atoms. The maximum absolute atomic E-state index is 12.2. The third-order valence-electron chi connectivity index (χ3n) is 3.40. The first-order chi connectivity index (χ1) is 8.54. The van der Waals surface area contributed by atoms with E-state index in [2.05, 4.69) is 0 Å². The average molecular weight is 272 g/mol. The molecule has 0 aromatic carbocycles. The van der Waals surface area contributed by atoms with Crippen LogP contribution in [0.4, 0.5) is 0 Å². The van der Waals surface area contributed by atoms with Crippen molar-refractivity contribution >= 4 is 29.5 Å². The van der Waals surface area contributed by atoms with Crippen LogP contribution in [-0.2, 0) is 14.4 Å². The minimum absolute atomic E-state index is 0.0189. The Morgan fingerprint density at radius 2 is 2.22 bits per heavy atom. The van der Waals surface area contributed by atoms with Crippen LogP contribution in [0.3, 0.4) is 0 Å². The highest BCUT2D eigenvalue weighted by atomic mass is 32.2. The standard InChI is InChI=1S/C11H16N2O4S/c1-2-12-4-7(3-9(12)14)10(15)13-6-18-5-8(13)11(16)17/h7-8H,2-6H2,1H3,(H,16,17)/t7?,8-/m0/s1. The van der Waals surface area contributed by atoms with Crippen LogP contribution < -0.4 is 0 Å². The summed E-state index contributed by atoms with van der Waals surface area (Å²) in [6, 6.07) is -0.742. The van der Waals surface area contributed by atoms with Gasteiger partial charge < -0.3 is 14.9 Å². The summed E-state index contributed by atoms with van der Waals surface area (Å²) >= 11 is 1.44. The van der Waals surface area contributed by atoms with Crippen molar-refractivity contribution in [2.45, 2.75) is 19.4 Å². The molecule has 2 atom stereocenters. The van der Waals surface area contributed by atoms with E-state index in [9.17, 15) is 14.4 Å². The number of thioether (sulfide) groups is 1. The lowest BCUT2D eigenvalue weighted by molar-refractivity contribution is -0.149. The third kappa shape index (κ3) is 2.31. The largest absolute Gasteiger partial charge is 0.480 e. The normalized spacial score (nSPS) is 27.9. The molecular formula is C11H16N2O4S. The summed E-state index contributed by atoms with van der Waals surface area (Å²) in [5.74, 6) is -0.722. The van der Waals surface area contributed by atoms with Gasteiger partial charge in [-0.25, -0.2) is 4.79 Å². The molecule has 2 saturated heterocycles. The van der Waals surface area contributed by atoms with Gasteiger partial charge in [-0.2, -0.15) is 0 Å². The van der Waals surface area contributed by atoms with E-state index >= 15 is 0 Å². The number of hydrogen-bond donors (Lipinski definition) is 1. The lowest BCUT2D eigenvalue weighted by atomic mass is 10.1. The highest BCUT2D eigenvalue weighted by Gasteiger charge is 2.41. The van der Waals surface area contributed by atoms with Gasteiger partial charge in [0.25, 0.3) is 0 Å². The lowest BCUT2D eigenvalue weighted by Gasteiger charge is -2.23. The fourth-order valence-electron chi connectivity index (χ4n) is 2.34. The van der Waals surface area contributed by atoms with E-state index in [0.717, 1.165) is 0 Å². The van der Waals surface area contributed by atoms with Crippen molar-refractivity contribution in [1.29, 1.82) is 0 Å². The summed E-state index contributed by atoms with van der Waals surface area (Å²) in [4.78, 5) is 37.9. The zero-order chi connectivity index (χ0) is 13.3. The number of carbonyl (C=O) groups excluding carboxylic acids is 2. The minimum Gasteiger partial charge on any atom is -0.480 e. The number of carbonyl (C=O) groups is 3. The first kappa shape index (κ1) is 13.2. The first-order valence-electron chi connectivity index (χ1n) is 5.93. The van der Waals surface area contributed by atoms with Gasteiger partial charge in [0.05, 0.1) is 11.8 Å². The molecule has 1 N–H and O–H groups in total. The molecule has 2 fully saturated rings. The Balaban J connectivity index is 2.04. The summed E-state index contributed by atoms with van der Waals surface area (Å²) in [5.41, 5.74) is 0. The number of aliphatic carboxylic acids is 1. The van der Waals surface area contributed by atoms with Crippen LogP contribution in [0, 0.1) is 5.92 Å². The number of hydrogen-bond acceptors (Lipinski definition) is 4. The molecule has 0 saturated carbocycles. The SMILES string of the molecule is CCN1CC(C(=O)N2CSC[C@H]2C(=O)O)CC1=O. The highest BCUT2D eigenvalue weighted by molar-refractivity contribution is 7.99. The quantitative estimate of drug-likeness (QED) is 0.772. The molecule has 0 aliphatic carbocycles. The van der Waals surface area contributed by atoms with Crippen molar-refractivity contribution in [3.8, 4) is 0 Å². The molecule has 6 nitrogen and oxygen atoms in total. The molecule has 0 spiro atoms. The van der Waals surface area contributed by atoms with Gasteiger partial charge in [-0.15, -0.1) is 11.8 Å². The van der Waals surface area contributed by atoms with Crippen molar-refractivity contribution in [3.63, 3.8) is 0 Å². The summed E-state index contributed by atoms with van der Waals surface area (Å²) in [6.45, 7) is 2.89. The molecule has 2 heterocycles. The predicted molar refractivity (Wildman–Crippen MR) is 66.0 cm³/mol. The Bertz CT molecular complexity index is 387. The molecule has 2 aliphatic rings. The van der Waals surface area contributed by atoms with E-state index in [1.807, 2.05) is 6.92 Å². The van der Waals surface area contributed by atoms with E-state index in [1.165, 1.54) is 16.7 Å². The van der Waals surface area contributed by atoms with Crippen LogP contribution in [0.5, 0.6) is 0 Å². The molecule has 100 valence electrons. The second-order valence-electron chi connectivity index (χ2n) is 4.50.